The molecule has 0 radical (unpaired) electrons. The Balaban J connectivity index is 1.80. The number of hydrogen-bond acceptors (Lipinski definition) is 5. The van der Waals surface area contributed by atoms with E-state index in [-0.39, 0.29) is 23.2 Å². The summed E-state index contributed by atoms with van der Waals surface area (Å²) in [6.45, 7) is 5.69. The second-order valence-electron chi connectivity index (χ2n) is 8.30. The first-order valence-corrected chi connectivity index (χ1v) is 13.4. The molecule has 0 saturated carbocycles. The number of nitrogens with zero attached hydrogens (tertiary/aromatic N) is 1. The van der Waals surface area contributed by atoms with E-state index in [2.05, 4.69) is 10.6 Å². The van der Waals surface area contributed by atoms with Crippen molar-refractivity contribution >= 4 is 33.2 Å². The number of hydrogen-bond donors (Lipinski definition) is 2. The Morgan fingerprint density at radius 3 is 2.14 bits per heavy atom. The third-order valence-electron chi connectivity index (χ3n) is 5.57. The molecule has 3 rings (SSSR count). The number of anilines is 2. The fourth-order valence-electron chi connectivity index (χ4n) is 3.79. The number of rotatable bonds is 10. The molecule has 0 aliphatic rings. The largest absolute Gasteiger partial charge is 0.494 e. The van der Waals surface area contributed by atoms with Crippen molar-refractivity contribution < 1.29 is 22.7 Å². The second kappa shape index (κ2) is 11.7. The molecule has 0 spiro atoms. The molecule has 2 amide bonds. The summed E-state index contributed by atoms with van der Waals surface area (Å²) in [7, 11) is -3.80. The van der Waals surface area contributed by atoms with Gasteiger partial charge in [0.15, 0.2) is 0 Å². The lowest BCUT2D eigenvalue weighted by Crippen LogP contribution is -2.45. The molecule has 36 heavy (non-hydrogen) atoms. The summed E-state index contributed by atoms with van der Waals surface area (Å²) >= 11 is 0. The van der Waals surface area contributed by atoms with Crippen LogP contribution in [-0.2, 0) is 14.8 Å². The molecular weight excluding hydrogens is 478 g/mol. The predicted octanol–water partition coefficient (Wildman–Crippen LogP) is 4.37. The van der Waals surface area contributed by atoms with Crippen LogP contribution >= 0.6 is 0 Å². The minimum Gasteiger partial charge on any atom is -0.494 e. The Morgan fingerprint density at radius 2 is 1.53 bits per heavy atom. The molecule has 0 bridgehead atoms. The Kier molecular flexibility index (Phi) is 8.71. The summed E-state index contributed by atoms with van der Waals surface area (Å²) in [5.74, 6) is -0.344. The number of benzene rings is 3. The van der Waals surface area contributed by atoms with Crippen LogP contribution in [0.1, 0.15) is 42.7 Å². The maximum absolute atomic E-state index is 13.2. The quantitative estimate of drug-likeness (QED) is 0.422. The van der Waals surface area contributed by atoms with Gasteiger partial charge in [0.25, 0.3) is 5.91 Å². The van der Waals surface area contributed by atoms with Gasteiger partial charge in [0.05, 0.1) is 35.8 Å². The van der Waals surface area contributed by atoms with Crippen molar-refractivity contribution in [2.45, 2.75) is 32.9 Å². The van der Waals surface area contributed by atoms with Gasteiger partial charge in [-0.05, 0) is 62.7 Å². The van der Waals surface area contributed by atoms with Crippen LogP contribution in [0.3, 0.4) is 0 Å². The van der Waals surface area contributed by atoms with Crippen molar-refractivity contribution in [1.29, 1.82) is 0 Å². The average molecular weight is 510 g/mol. The number of para-hydroxylation sites is 1. The number of carbonyl (C=O) groups excluding carboxylic acids is 2. The highest BCUT2D eigenvalue weighted by Gasteiger charge is 2.30. The molecule has 0 heterocycles. The first-order valence-electron chi connectivity index (χ1n) is 11.6. The smallest absolute Gasteiger partial charge is 0.253 e. The lowest BCUT2D eigenvalue weighted by Gasteiger charge is -2.28. The maximum Gasteiger partial charge on any atom is 0.253 e. The van der Waals surface area contributed by atoms with Crippen molar-refractivity contribution in [2.75, 3.05) is 22.5 Å². The molecule has 0 aromatic heterocycles. The molecule has 190 valence electrons. The Hall–Kier alpha value is -3.85. The normalized spacial score (nSPS) is 12.8. The van der Waals surface area contributed by atoms with Gasteiger partial charge in [-0.1, -0.05) is 42.5 Å². The molecular formula is C27H31N3O5S. The van der Waals surface area contributed by atoms with E-state index in [4.69, 9.17) is 4.74 Å². The van der Waals surface area contributed by atoms with Gasteiger partial charge in [-0.25, -0.2) is 8.42 Å². The highest BCUT2D eigenvalue weighted by atomic mass is 32.2. The van der Waals surface area contributed by atoms with E-state index in [9.17, 15) is 18.0 Å². The van der Waals surface area contributed by atoms with Gasteiger partial charge in [-0.3, -0.25) is 13.9 Å². The topological polar surface area (TPSA) is 105 Å². The van der Waals surface area contributed by atoms with Crippen molar-refractivity contribution in [3.8, 4) is 5.75 Å². The number of sulfonamides is 1. The van der Waals surface area contributed by atoms with Crippen LogP contribution in [0.2, 0.25) is 0 Å². The van der Waals surface area contributed by atoms with E-state index in [0.717, 1.165) is 16.1 Å². The second-order valence-corrected chi connectivity index (χ2v) is 10.2. The molecule has 2 atom stereocenters. The molecule has 8 nitrogen and oxygen atoms in total. The number of nitrogens with one attached hydrogen (secondary N) is 2. The number of amides is 2. The lowest BCUT2D eigenvalue weighted by atomic mass is 10.1. The molecule has 3 aromatic carbocycles. The van der Waals surface area contributed by atoms with Gasteiger partial charge in [0, 0.05) is 0 Å². The summed E-state index contributed by atoms with van der Waals surface area (Å²) in [5, 5.41) is 5.66. The predicted molar refractivity (Wildman–Crippen MR) is 142 cm³/mol. The highest BCUT2D eigenvalue weighted by molar-refractivity contribution is 7.92. The fraction of sp³-hybridized carbons (Fsp3) is 0.259. The zero-order chi connectivity index (χ0) is 26.3. The van der Waals surface area contributed by atoms with Crippen LogP contribution < -0.4 is 19.7 Å². The Bertz CT molecular complexity index is 1290. The summed E-state index contributed by atoms with van der Waals surface area (Å²) in [6, 6.07) is 21.3. The van der Waals surface area contributed by atoms with E-state index >= 15 is 0 Å². The van der Waals surface area contributed by atoms with Crippen LogP contribution in [0.25, 0.3) is 0 Å². The zero-order valence-corrected chi connectivity index (χ0v) is 21.6. The maximum atomic E-state index is 13.2. The van der Waals surface area contributed by atoms with E-state index in [0.29, 0.717) is 18.0 Å². The fourth-order valence-corrected chi connectivity index (χ4v) is 4.97. The van der Waals surface area contributed by atoms with Crippen LogP contribution in [-0.4, -0.2) is 39.1 Å². The number of carbonyl (C=O) groups is 2. The van der Waals surface area contributed by atoms with Gasteiger partial charge < -0.3 is 15.4 Å². The highest BCUT2D eigenvalue weighted by Crippen LogP contribution is 2.25. The van der Waals surface area contributed by atoms with Gasteiger partial charge in [0.2, 0.25) is 15.9 Å². The molecule has 3 aromatic rings. The van der Waals surface area contributed by atoms with Crippen LogP contribution in [0.15, 0.2) is 78.9 Å². The van der Waals surface area contributed by atoms with Gasteiger partial charge in [-0.2, -0.15) is 0 Å². The van der Waals surface area contributed by atoms with Crippen molar-refractivity contribution in [3.63, 3.8) is 0 Å². The van der Waals surface area contributed by atoms with Crippen molar-refractivity contribution in [3.05, 3.63) is 90.0 Å². The molecule has 2 N–H and O–H groups in total. The van der Waals surface area contributed by atoms with Crippen molar-refractivity contribution in [2.24, 2.45) is 0 Å². The van der Waals surface area contributed by atoms with Gasteiger partial charge in [0.1, 0.15) is 11.8 Å². The first-order chi connectivity index (χ1) is 17.1. The molecule has 0 aliphatic carbocycles. The van der Waals surface area contributed by atoms with Gasteiger partial charge in [-0.15, -0.1) is 0 Å². The van der Waals surface area contributed by atoms with Crippen LogP contribution in [0.5, 0.6) is 5.75 Å². The summed E-state index contributed by atoms with van der Waals surface area (Å²) in [4.78, 5) is 26.2. The Labute approximate surface area is 212 Å². The van der Waals surface area contributed by atoms with E-state index in [1.54, 1.807) is 48.5 Å². The lowest BCUT2D eigenvalue weighted by molar-refractivity contribution is -0.116. The minimum atomic E-state index is -3.80. The SMILES string of the molecule is CCOc1ccc(N([C@@H](C)C(=O)Nc2ccccc2C(=O)N[C@@H](C)c2ccccc2)S(C)(=O)=O)cc1. The minimum absolute atomic E-state index is 0.248. The summed E-state index contributed by atoms with van der Waals surface area (Å²) in [5.41, 5.74) is 1.83. The molecule has 0 aliphatic heterocycles. The van der Waals surface area contributed by atoms with E-state index < -0.39 is 22.0 Å². The summed E-state index contributed by atoms with van der Waals surface area (Å²) in [6.07, 6.45) is 1.04. The zero-order valence-electron chi connectivity index (χ0n) is 20.8. The van der Waals surface area contributed by atoms with Crippen LogP contribution in [0, 0.1) is 0 Å². The Morgan fingerprint density at radius 1 is 0.917 bits per heavy atom. The average Bonchev–Trinajstić information content (AvgIpc) is 2.85. The summed E-state index contributed by atoms with van der Waals surface area (Å²) < 4.78 is 31.7. The third-order valence-corrected chi connectivity index (χ3v) is 6.81. The number of ether oxygens (including phenoxy) is 1. The standard InChI is InChI=1S/C27H31N3O5S/c1-5-35-23-17-15-22(16-18-23)30(36(4,33)34)20(3)26(31)29-25-14-10-9-13-24(25)27(32)28-19(2)21-11-7-6-8-12-21/h6-20H,5H2,1-4H3,(H,28,32)(H,29,31)/t19-,20-/m0/s1. The monoisotopic (exact) mass is 509 g/mol. The van der Waals surface area contributed by atoms with Crippen LogP contribution in [0.4, 0.5) is 11.4 Å². The molecule has 0 fully saturated rings. The molecule has 9 heteroatoms. The molecule has 0 unspecified atom stereocenters. The van der Waals surface area contributed by atoms with E-state index in [1.165, 1.54) is 6.92 Å². The van der Waals surface area contributed by atoms with E-state index in [1.807, 2.05) is 44.2 Å². The van der Waals surface area contributed by atoms with Gasteiger partial charge >= 0.3 is 0 Å². The first kappa shape index (κ1) is 26.7. The molecule has 0 saturated heterocycles. The van der Waals surface area contributed by atoms with Crippen molar-refractivity contribution in [1.82, 2.24) is 5.32 Å². The third kappa shape index (κ3) is 6.63.